The molecule has 0 bridgehead atoms. The second kappa shape index (κ2) is 9.76. The van der Waals surface area contributed by atoms with Gasteiger partial charge < -0.3 is 5.73 Å². The van der Waals surface area contributed by atoms with Crippen molar-refractivity contribution in [1.29, 1.82) is 0 Å². The van der Waals surface area contributed by atoms with Crippen molar-refractivity contribution in [3.05, 3.63) is 107 Å². The first-order valence-corrected chi connectivity index (χ1v) is 12.7. The van der Waals surface area contributed by atoms with E-state index in [-0.39, 0.29) is 5.78 Å². The quantitative estimate of drug-likeness (QED) is 0.420. The lowest BCUT2D eigenvalue weighted by Gasteiger charge is -2.24. The minimum Gasteiger partial charge on any atom is -0.366 e. The van der Waals surface area contributed by atoms with Crippen LogP contribution in [0.2, 0.25) is 0 Å². The van der Waals surface area contributed by atoms with E-state index in [4.69, 9.17) is 5.73 Å². The number of carbonyl (C=O) groups excluding carboxylic acids is 2. The zero-order chi connectivity index (χ0) is 25.4. The van der Waals surface area contributed by atoms with Gasteiger partial charge in [-0.05, 0) is 66.4 Å². The average molecular weight is 492 g/mol. The van der Waals surface area contributed by atoms with E-state index < -0.39 is 11.9 Å². The van der Waals surface area contributed by atoms with Crippen molar-refractivity contribution < 1.29 is 9.59 Å². The van der Waals surface area contributed by atoms with Crippen LogP contribution in [0.3, 0.4) is 0 Å². The molecular weight excluding hydrogens is 462 g/mol. The van der Waals surface area contributed by atoms with E-state index in [2.05, 4.69) is 51.6 Å². The fourth-order valence-electron chi connectivity index (χ4n) is 5.45. The van der Waals surface area contributed by atoms with Gasteiger partial charge in [-0.15, -0.1) is 0 Å². The molecule has 2 aliphatic rings. The molecule has 37 heavy (non-hydrogen) atoms. The average Bonchev–Trinajstić information content (AvgIpc) is 3.60. The molecule has 1 fully saturated rings. The van der Waals surface area contributed by atoms with E-state index >= 15 is 0 Å². The third kappa shape index (κ3) is 4.48. The largest absolute Gasteiger partial charge is 0.366 e. The standard InChI is InChI=1S/C30H29N5O2/c31-30(37)22-7-5-8-24(16-22)35-19-33-26-17-32-27(29(36)28(26)35)21-12-10-20(11-13-21)25-9-2-1-6-23(25)18-34-14-3-4-15-34/h1-2,5-13,16,19,27,32H,3-4,14-15,17-18H2,(H2,31,37). The van der Waals surface area contributed by atoms with Gasteiger partial charge in [-0.1, -0.05) is 54.6 Å². The van der Waals surface area contributed by atoms with Gasteiger partial charge in [-0.25, -0.2) is 4.98 Å². The molecular formula is C30H29N5O2. The molecule has 186 valence electrons. The van der Waals surface area contributed by atoms with Gasteiger partial charge in [0, 0.05) is 24.3 Å². The Labute approximate surface area is 215 Å². The SMILES string of the molecule is NC(=O)c1cccc(-n2cnc3c2C(=O)C(c2ccc(-c4ccccc4CN4CCCC4)cc2)NC3)c1. The minimum absolute atomic E-state index is 0.0505. The second-order valence-corrected chi connectivity index (χ2v) is 9.77. The summed E-state index contributed by atoms with van der Waals surface area (Å²) in [6, 6.07) is 23.3. The van der Waals surface area contributed by atoms with Gasteiger partial charge in [0.15, 0.2) is 0 Å². The number of benzene rings is 3. The third-order valence-corrected chi connectivity index (χ3v) is 7.39. The van der Waals surface area contributed by atoms with Crippen LogP contribution < -0.4 is 11.1 Å². The number of ketones is 1. The van der Waals surface area contributed by atoms with Gasteiger partial charge in [0.2, 0.25) is 11.7 Å². The highest BCUT2D eigenvalue weighted by Crippen LogP contribution is 2.31. The molecule has 0 aliphatic carbocycles. The molecule has 2 aliphatic heterocycles. The van der Waals surface area contributed by atoms with E-state index in [0.29, 0.717) is 29.2 Å². The Bertz CT molecular complexity index is 1470. The summed E-state index contributed by atoms with van der Waals surface area (Å²) < 4.78 is 1.75. The molecule has 0 radical (unpaired) electrons. The van der Waals surface area contributed by atoms with Gasteiger partial charge in [-0.3, -0.25) is 24.4 Å². The van der Waals surface area contributed by atoms with E-state index in [1.54, 1.807) is 29.1 Å². The Balaban J connectivity index is 1.27. The van der Waals surface area contributed by atoms with Crippen molar-refractivity contribution in [1.82, 2.24) is 19.8 Å². The molecule has 6 rings (SSSR count). The molecule has 7 nitrogen and oxygen atoms in total. The number of hydrogen-bond acceptors (Lipinski definition) is 5. The molecule has 3 aromatic carbocycles. The lowest BCUT2D eigenvalue weighted by Crippen LogP contribution is -2.35. The smallest absolute Gasteiger partial charge is 0.248 e. The molecule has 0 spiro atoms. The van der Waals surface area contributed by atoms with Crippen molar-refractivity contribution in [2.24, 2.45) is 5.73 Å². The molecule has 3 N–H and O–H groups in total. The normalized spacial score (nSPS) is 17.6. The van der Waals surface area contributed by atoms with Crippen LogP contribution >= 0.6 is 0 Å². The highest BCUT2D eigenvalue weighted by molar-refractivity contribution is 6.02. The maximum Gasteiger partial charge on any atom is 0.248 e. The first-order chi connectivity index (χ1) is 18.1. The molecule has 1 aromatic heterocycles. The van der Waals surface area contributed by atoms with Crippen LogP contribution in [0.5, 0.6) is 0 Å². The van der Waals surface area contributed by atoms with Gasteiger partial charge in [-0.2, -0.15) is 0 Å². The number of primary amides is 1. The summed E-state index contributed by atoms with van der Waals surface area (Å²) in [6.45, 7) is 3.77. The van der Waals surface area contributed by atoms with Crippen molar-refractivity contribution in [3.63, 3.8) is 0 Å². The van der Waals surface area contributed by atoms with Gasteiger partial charge >= 0.3 is 0 Å². The maximum absolute atomic E-state index is 13.7. The number of fused-ring (bicyclic) bond motifs is 1. The molecule has 1 amide bonds. The van der Waals surface area contributed by atoms with Crippen molar-refractivity contribution >= 4 is 11.7 Å². The number of amides is 1. The summed E-state index contributed by atoms with van der Waals surface area (Å²) in [5.74, 6) is -0.561. The number of nitrogens with two attached hydrogens (primary N) is 1. The zero-order valence-corrected chi connectivity index (χ0v) is 20.6. The van der Waals surface area contributed by atoms with Crippen molar-refractivity contribution in [3.8, 4) is 16.8 Å². The monoisotopic (exact) mass is 491 g/mol. The molecule has 7 heteroatoms. The summed E-state index contributed by atoms with van der Waals surface area (Å²) in [5, 5.41) is 3.35. The van der Waals surface area contributed by atoms with Gasteiger partial charge in [0.25, 0.3) is 0 Å². The molecule has 1 saturated heterocycles. The summed E-state index contributed by atoms with van der Waals surface area (Å²) in [7, 11) is 0. The van der Waals surface area contributed by atoms with Crippen LogP contribution in [0.15, 0.2) is 79.1 Å². The Hall–Kier alpha value is -4.07. The zero-order valence-electron chi connectivity index (χ0n) is 20.6. The van der Waals surface area contributed by atoms with Gasteiger partial charge in [0.1, 0.15) is 12.0 Å². The van der Waals surface area contributed by atoms with Crippen molar-refractivity contribution in [2.45, 2.75) is 32.0 Å². The fraction of sp³-hybridized carbons (Fsp3) is 0.233. The lowest BCUT2D eigenvalue weighted by molar-refractivity contribution is 0.0922. The number of nitrogens with zero attached hydrogens (tertiary/aromatic N) is 3. The summed E-state index contributed by atoms with van der Waals surface area (Å²) in [6.07, 6.45) is 4.18. The lowest BCUT2D eigenvalue weighted by atomic mass is 9.93. The van der Waals surface area contributed by atoms with Crippen LogP contribution in [-0.2, 0) is 13.1 Å². The van der Waals surface area contributed by atoms with Crippen LogP contribution in [-0.4, -0.2) is 39.2 Å². The van der Waals surface area contributed by atoms with Crippen LogP contribution in [0.4, 0.5) is 0 Å². The van der Waals surface area contributed by atoms with Crippen LogP contribution in [0.25, 0.3) is 16.8 Å². The highest BCUT2D eigenvalue weighted by atomic mass is 16.1. The summed E-state index contributed by atoms with van der Waals surface area (Å²) >= 11 is 0. The molecule has 3 heterocycles. The molecule has 0 saturated carbocycles. The number of imidazole rings is 1. The summed E-state index contributed by atoms with van der Waals surface area (Å²) in [5.41, 5.74) is 12.4. The van der Waals surface area contributed by atoms with Crippen LogP contribution in [0, 0.1) is 0 Å². The number of hydrogen-bond donors (Lipinski definition) is 2. The molecule has 4 aromatic rings. The van der Waals surface area contributed by atoms with E-state index in [1.807, 2.05) is 18.2 Å². The van der Waals surface area contributed by atoms with Gasteiger partial charge in [0.05, 0.1) is 11.7 Å². The number of likely N-dealkylation sites (tertiary alicyclic amines) is 1. The second-order valence-electron chi connectivity index (χ2n) is 9.77. The Morgan fingerprint density at radius 3 is 2.57 bits per heavy atom. The Morgan fingerprint density at radius 2 is 1.78 bits per heavy atom. The first kappa shape index (κ1) is 23.3. The van der Waals surface area contributed by atoms with E-state index in [0.717, 1.165) is 30.8 Å². The third-order valence-electron chi connectivity index (χ3n) is 7.39. The number of carbonyl (C=O) groups is 2. The number of Topliss-reactive ketones (excluding diaryl/α,β-unsaturated/α-hetero) is 1. The minimum atomic E-state index is -0.510. The van der Waals surface area contributed by atoms with E-state index in [9.17, 15) is 9.59 Å². The first-order valence-electron chi connectivity index (χ1n) is 12.7. The fourth-order valence-corrected chi connectivity index (χ4v) is 5.45. The predicted octanol–water partition coefficient (Wildman–Crippen LogP) is 4.26. The maximum atomic E-state index is 13.7. The van der Waals surface area contributed by atoms with E-state index in [1.165, 1.54) is 24.0 Å². The van der Waals surface area contributed by atoms with Crippen molar-refractivity contribution in [2.75, 3.05) is 13.1 Å². The Morgan fingerprint density at radius 1 is 1.00 bits per heavy atom. The summed E-state index contributed by atoms with van der Waals surface area (Å²) in [4.78, 5) is 32.3. The predicted molar refractivity (Wildman–Crippen MR) is 142 cm³/mol. The number of nitrogens with one attached hydrogen (secondary N) is 1. The Kier molecular flexibility index (Phi) is 6.16. The highest BCUT2D eigenvalue weighted by Gasteiger charge is 2.32. The topological polar surface area (TPSA) is 93.2 Å². The molecule has 1 atom stereocenters. The van der Waals surface area contributed by atoms with Crippen LogP contribution in [0.1, 0.15) is 56.6 Å². The molecule has 1 unspecified atom stereocenters. The number of aromatic nitrogens is 2. The number of rotatable bonds is 6.